The van der Waals surface area contributed by atoms with Gasteiger partial charge in [-0.1, -0.05) is 24.3 Å². The molecule has 5 nitrogen and oxygen atoms in total. The number of benzene rings is 2. The van der Waals surface area contributed by atoms with Gasteiger partial charge >= 0.3 is 5.97 Å². The molecule has 0 aliphatic rings. The fraction of sp³-hybridized carbons (Fsp3) is 0.320. The summed E-state index contributed by atoms with van der Waals surface area (Å²) < 4.78 is 10.5. The Morgan fingerprint density at radius 2 is 1.53 bits per heavy atom. The van der Waals surface area contributed by atoms with Crippen molar-refractivity contribution in [3.05, 3.63) is 71.5 Å². The van der Waals surface area contributed by atoms with Crippen LogP contribution < -0.4 is 0 Å². The topological polar surface area (TPSA) is 67.1 Å². The summed E-state index contributed by atoms with van der Waals surface area (Å²) in [6, 6.07) is 18.7. The number of aromatic nitrogens is 2. The van der Waals surface area contributed by atoms with Gasteiger partial charge in [0.25, 0.3) is 0 Å². The number of para-hydroxylation sites is 1. The minimum Gasteiger partial charge on any atom is -0.464 e. The van der Waals surface area contributed by atoms with E-state index in [0.29, 0.717) is 19.6 Å². The molecule has 4 rings (SSSR count). The molecule has 2 N–H and O–H groups in total. The van der Waals surface area contributed by atoms with Crippen LogP contribution in [0.25, 0.3) is 21.8 Å². The Bertz CT molecular complexity index is 1080. The van der Waals surface area contributed by atoms with Crippen molar-refractivity contribution >= 4 is 27.8 Å². The molecule has 0 spiro atoms. The summed E-state index contributed by atoms with van der Waals surface area (Å²) in [6.45, 7) is 8.65. The quantitative estimate of drug-likeness (QED) is 0.418. The molecule has 0 radical (unpaired) electrons. The summed E-state index contributed by atoms with van der Waals surface area (Å²) in [5.74, 6) is -0.292. The van der Waals surface area contributed by atoms with Gasteiger partial charge in [-0.3, -0.25) is 0 Å². The first-order valence-electron chi connectivity index (χ1n) is 10.4. The van der Waals surface area contributed by atoms with Crippen LogP contribution >= 0.6 is 0 Å². The Balaban J connectivity index is 0.000000212. The van der Waals surface area contributed by atoms with E-state index in [1.165, 1.54) is 16.6 Å². The molecule has 158 valence electrons. The zero-order chi connectivity index (χ0) is 21.5. The number of hydrogen-bond donors (Lipinski definition) is 2. The Morgan fingerprint density at radius 1 is 0.867 bits per heavy atom. The number of esters is 1. The van der Waals surface area contributed by atoms with Crippen molar-refractivity contribution in [1.29, 1.82) is 0 Å². The lowest BCUT2D eigenvalue weighted by Gasteiger charge is -2.15. The van der Waals surface area contributed by atoms with E-state index in [1.54, 1.807) is 6.92 Å². The third-order valence-corrected chi connectivity index (χ3v) is 4.82. The van der Waals surface area contributed by atoms with E-state index in [0.717, 1.165) is 22.2 Å². The number of carbonyl (C=O) groups excluding carboxylic acids is 1. The lowest BCUT2D eigenvalue weighted by Crippen LogP contribution is -2.28. The molecule has 1 atom stereocenters. The van der Waals surface area contributed by atoms with Crippen LogP contribution in [0.15, 0.2) is 54.6 Å². The SMILES string of the molecule is CCOC(=O)C(Cc1ccc2[nH]c(C)cc2c1)OCC.Cc1cc2ccccc2[nH]1. The van der Waals surface area contributed by atoms with Crippen LogP contribution in [0.3, 0.4) is 0 Å². The molecule has 5 heteroatoms. The average Bonchev–Trinajstić information content (AvgIpc) is 3.28. The number of fused-ring (bicyclic) bond motifs is 2. The normalized spacial score (nSPS) is 11.9. The molecule has 2 aromatic carbocycles. The maximum Gasteiger partial charge on any atom is 0.335 e. The molecule has 2 aromatic heterocycles. The fourth-order valence-electron chi connectivity index (χ4n) is 3.53. The van der Waals surface area contributed by atoms with Crippen LogP contribution in [0.1, 0.15) is 30.8 Å². The lowest BCUT2D eigenvalue weighted by molar-refractivity contribution is -0.156. The van der Waals surface area contributed by atoms with Crippen molar-refractivity contribution in [2.75, 3.05) is 13.2 Å². The van der Waals surface area contributed by atoms with Crippen LogP contribution in [0.5, 0.6) is 0 Å². The Hall–Kier alpha value is -3.05. The van der Waals surface area contributed by atoms with Gasteiger partial charge in [0.2, 0.25) is 0 Å². The van der Waals surface area contributed by atoms with E-state index in [2.05, 4.69) is 53.3 Å². The number of hydrogen-bond acceptors (Lipinski definition) is 3. The highest BCUT2D eigenvalue weighted by atomic mass is 16.6. The van der Waals surface area contributed by atoms with E-state index >= 15 is 0 Å². The van der Waals surface area contributed by atoms with Gasteiger partial charge in [-0.05, 0) is 74.4 Å². The highest BCUT2D eigenvalue weighted by Crippen LogP contribution is 2.19. The van der Waals surface area contributed by atoms with Crippen LogP contribution in [-0.2, 0) is 20.7 Å². The zero-order valence-electron chi connectivity index (χ0n) is 18.1. The van der Waals surface area contributed by atoms with Gasteiger partial charge in [-0.15, -0.1) is 0 Å². The van der Waals surface area contributed by atoms with Gasteiger partial charge in [0.1, 0.15) is 0 Å². The van der Waals surface area contributed by atoms with Gasteiger partial charge in [0, 0.05) is 35.4 Å². The molecule has 0 saturated carbocycles. The second-order valence-corrected chi connectivity index (χ2v) is 7.31. The summed E-state index contributed by atoms with van der Waals surface area (Å²) in [5, 5.41) is 2.44. The first-order valence-corrected chi connectivity index (χ1v) is 10.4. The van der Waals surface area contributed by atoms with Crippen molar-refractivity contribution in [3.8, 4) is 0 Å². The van der Waals surface area contributed by atoms with Gasteiger partial charge < -0.3 is 19.4 Å². The van der Waals surface area contributed by atoms with Crippen LogP contribution in [0, 0.1) is 13.8 Å². The monoisotopic (exact) mass is 406 g/mol. The molecule has 0 fully saturated rings. The summed E-state index contributed by atoms with van der Waals surface area (Å²) >= 11 is 0. The predicted molar refractivity (Wildman–Crippen MR) is 122 cm³/mol. The number of H-pyrrole nitrogens is 2. The Kier molecular flexibility index (Phi) is 7.31. The molecule has 1 unspecified atom stereocenters. The average molecular weight is 407 g/mol. The maximum atomic E-state index is 11.9. The second-order valence-electron chi connectivity index (χ2n) is 7.31. The van der Waals surface area contributed by atoms with E-state index in [9.17, 15) is 4.79 Å². The lowest BCUT2D eigenvalue weighted by atomic mass is 10.1. The zero-order valence-corrected chi connectivity index (χ0v) is 18.1. The molecule has 0 aliphatic heterocycles. The van der Waals surface area contributed by atoms with Crippen LogP contribution in [-0.4, -0.2) is 35.3 Å². The molecular weight excluding hydrogens is 376 g/mol. The third kappa shape index (κ3) is 5.51. The third-order valence-electron chi connectivity index (χ3n) is 4.82. The number of ether oxygens (including phenoxy) is 2. The molecule has 0 bridgehead atoms. The molecule has 0 amide bonds. The number of aryl methyl sites for hydroxylation is 2. The number of nitrogens with one attached hydrogen (secondary N) is 2. The minimum absolute atomic E-state index is 0.292. The molecule has 4 aromatic rings. The minimum atomic E-state index is -0.530. The fourth-order valence-corrected chi connectivity index (χ4v) is 3.53. The van der Waals surface area contributed by atoms with E-state index in [-0.39, 0.29) is 5.97 Å². The van der Waals surface area contributed by atoms with E-state index < -0.39 is 6.10 Å². The van der Waals surface area contributed by atoms with Gasteiger partial charge in [0.05, 0.1) is 6.61 Å². The van der Waals surface area contributed by atoms with E-state index in [4.69, 9.17) is 9.47 Å². The molecule has 0 aliphatic carbocycles. The summed E-state index contributed by atoms with van der Waals surface area (Å²) in [4.78, 5) is 18.4. The highest BCUT2D eigenvalue weighted by molar-refractivity contribution is 5.82. The summed E-state index contributed by atoms with van der Waals surface area (Å²) in [6.07, 6.45) is 0.00442. The number of carbonyl (C=O) groups is 1. The largest absolute Gasteiger partial charge is 0.464 e. The number of rotatable bonds is 6. The van der Waals surface area contributed by atoms with Crippen molar-refractivity contribution in [3.63, 3.8) is 0 Å². The molecular formula is C25H30N2O3. The van der Waals surface area contributed by atoms with Gasteiger partial charge in [-0.2, -0.15) is 0 Å². The first kappa shape index (κ1) is 21.7. The standard InChI is InChI=1S/C16H21NO3.C9H9N/c1-4-19-15(16(18)20-5-2)10-12-6-7-14-13(9-12)8-11(3)17-14;1-7-6-8-4-2-3-5-9(8)10-7/h6-9,15,17H,4-5,10H2,1-3H3;2-6,10H,1H3. The number of aromatic amines is 2. The van der Waals surface area contributed by atoms with Crippen LogP contribution in [0.2, 0.25) is 0 Å². The Labute approximate surface area is 177 Å². The van der Waals surface area contributed by atoms with Gasteiger partial charge in [-0.25, -0.2) is 4.79 Å². The molecule has 2 heterocycles. The van der Waals surface area contributed by atoms with Crippen molar-refractivity contribution in [1.82, 2.24) is 9.97 Å². The predicted octanol–water partition coefficient (Wildman–Crippen LogP) is 5.46. The summed E-state index contributed by atoms with van der Waals surface area (Å²) in [7, 11) is 0. The first-order chi connectivity index (χ1) is 14.5. The van der Waals surface area contributed by atoms with Crippen molar-refractivity contribution in [2.45, 2.75) is 40.2 Å². The van der Waals surface area contributed by atoms with Crippen molar-refractivity contribution in [2.24, 2.45) is 0 Å². The highest BCUT2D eigenvalue weighted by Gasteiger charge is 2.20. The second kappa shape index (κ2) is 10.1. The van der Waals surface area contributed by atoms with Crippen LogP contribution in [0.4, 0.5) is 0 Å². The molecule has 0 saturated heterocycles. The smallest absolute Gasteiger partial charge is 0.335 e. The molecule has 30 heavy (non-hydrogen) atoms. The van der Waals surface area contributed by atoms with E-state index in [1.807, 2.05) is 32.0 Å². The van der Waals surface area contributed by atoms with Gasteiger partial charge in [0.15, 0.2) is 6.10 Å². The maximum absolute atomic E-state index is 11.9. The summed E-state index contributed by atoms with van der Waals surface area (Å²) in [5.41, 5.74) is 5.75. The Morgan fingerprint density at radius 3 is 2.20 bits per heavy atom. The van der Waals surface area contributed by atoms with Crippen molar-refractivity contribution < 1.29 is 14.3 Å².